The highest BCUT2D eigenvalue weighted by molar-refractivity contribution is 7.99. The van der Waals surface area contributed by atoms with Crippen LogP contribution >= 0.6 is 23.1 Å². The minimum atomic E-state index is 0.178. The van der Waals surface area contributed by atoms with Gasteiger partial charge in [-0.1, -0.05) is 30.0 Å². The number of H-pyrrole nitrogens is 1. The third-order valence-corrected chi connectivity index (χ3v) is 7.44. The topological polar surface area (TPSA) is 61.9 Å². The molecule has 0 unspecified atom stereocenters. The van der Waals surface area contributed by atoms with E-state index in [-0.39, 0.29) is 5.91 Å². The summed E-state index contributed by atoms with van der Waals surface area (Å²) in [5.74, 6) is 0.924. The number of hydrogen-bond acceptors (Lipinski definition) is 5. The molecule has 148 valence electrons. The zero-order chi connectivity index (χ0) is 19.8. The predicted molar refractivity (Wildman–Crippen MR) is 120 cm³/mol. The normalized spacial score (nSPS) is 17.3. The van der Waals surface area contributed by atoms with Crippen molar-refractivity contribution in [3.8, 4) is 0 Å². The van der Waals surface area contributed by atoms with Crippen LogP contribution in [0.5, 0.6) is 0 Å². The smallest absolute Gasteiger partial charge is 0.233 e. The zero-order valence-electron chi connectivity index (χ0n) is 16.2. The van der Waals surface area contributed by atoms with Crippen molar-refractivity contribution in [2.24, 2.45) is 0 Å². The van der Waals surface area contributed by atoms with Gasteiger partial charge in [-0.05, 0) is 49.6 Å². The number of aryl methyl sites for hydroxylation is 1. The highest BCUT2D eigenvalue weighted by atomic mass is 32.2. The fraction of sp³-hybridized carbons (Fsp3) is 0.318. The molecule has 0 aliphatic carbocycles. The van der Waals surface area contributed by atoms with Gasteiger partial charge < -0.3 is 9.88 Å². The summed E-state index contributed by atoms with van der Waals surface area (Å²) in [5.41, 5.74) is 4.22. The van der Waals surface area contributed by atoms with Crippen molar-refractivity contribution in [2.75, 3.05) is 18.8 Å². The molecule has 2 aromatic carbocycles. The number of nitrogens with one attached hydrogen (secondary N) is 1. The second-order valence-electron chi connectivity index (χ2n) is 7.55. The highest BCUT2D eigenvalue weighted by Gasteiger charge is 2.27. The van der Waals surface area contributed by atoms with Gasteiger partial charge in [-0.25, -0.2) is 9.97 Å². The van der Waals surface area contributed by atoms with Crippen molar-refractivity contribution < 1.29 is 4.79 Å². The van der Waals surface area contributed by atoms with Gasteiger partial charge in [-0.15, -0.1) is 11.3 Å². The van der Waals surface area contributed by atoms with Gasteiger partial charge in [0.25, 0.3) is 0 Å². The van der Waals surface area contributed by atoms with Crippen LogP contribution in [0.1, 0.15) is 29.3 Å². The Kier molecular flexibility index (Phi) is 5.01. The summed E-state index contributed by atoms with van der Waals surface area (Å²) < 4.78 is 1.22. The van der Waals surface area contributed by atoms with Crippen LogP contribution in [0.3, 0.4) is 0 Å². The van der Waals surface area contributed by atoms with Gasteiger partial charge in [0.05, 0.1) is 32.0 Å². The number of carbonyl (C=O) groups is 1. The monoisotopic (exact) mass is 422 g/mol. The molecule has 1 N–H and O–H groups in total. The number of para-hydroxylation sites is 1. The molecule has 1 amide bonds. The van der Waals surface area contributed by atoms with Gasteiger partial charge in [0.15, 0.2) is 5.16 Å². The Morgan fingerprint density at radius 2 is 2.14 bits per heavy atom. The molecule has 0 spiro atoms. The number of piperidine rings is 1. The lowest BCUT2D eigenvalue weighted by molar-refractivity contribution is -0.129. The van der Waals surface area contributed by atoms with Crippen molar-refractivity contribution >= 4 is 50.3 Å². The van der Waals surface area contributed by atoms with E-state index in [0.717, 1.165) is 52.6 Å². The van der Waals surface area contributed by atoms with E-state index in [1.54, 1.807) is 11.3 Å². The molecule has 0 saturated carbocycles. The predicted octanol–water partition coefficient (Wildman–Crippen LogP) is 4.98. The van der Waals surface area contributed by atoms with E-state index in [4.69, 9.17) is 4.98 Å². The second kappa shape index (κ2) is 7.80. The average molecular weight is 423 g/mol. The lowest BCUT2D eigenvalue weighted by atomic mass is 9.99. The Morgan fingerprint density at radius 1 is 1.24 bits per heavy atom. The summed E-state index contributed by atoms with van der Waals surface area (Å²) in [7, 11) is 0. The Bertz CT molecular complexity index is 1150. The number of rotatable bonds is 4. The number of likely N-dealkylation sites (tertiary alicyclic amines) is 1. The number of amides is 1. The molecule has 1 fully saturated rings. The standard InChI is InChI=1S/C22H22N4OS2/c1-14-8-9-16-18(11-14)25-22(24-16)28-13-20(27)26-10-4-5-15(12-26)21-23-17-6-2-3-7-19(17)29-21/h2-3,6-9,11,15H,4-5,10,12-13H2,1H3,(H,24,25)/t15-/m1/s1. The Morgan fingerprint density at radius 3 is 3.03 bits per heavy atom. The molecule has 0 radical (unpaired) electrons. The second-order valence-corrected chi connectivity index (χ2v) is 9.58. The van der Waals surface area contributed by atoms with Gasteiger partial charge in [-0.2, -0.15) is 0 Å². The van der Waals surface area contributed by atoms with Crippen LogP contribution in [0.15, 0.2) is 47.6 Å². The van der Waals surface area contributed by atoms with E-state index in [0.29, 0.717) is 11.7 Å². The molecular weight excluding hydrogens is 400 g/mol. The number of nitrogens with zero attached hydrogens (tertiary/aromatic N) is 3. The third kappa shape index (κ3) is 3.89. The summed E-state index contributed by atoms with van der Waals surface area (Å²) in [5, 5.41) is 1.96. The number of benzene rings is 2. The Balaban J connectivity index is 1.24. The van der Waals surface area contributed by atoms with Gasteiger partial charge in [-0.3, -0.25) is 4.79 Å². The minimum absolute atomic E-state index is 0.178. The summed E-state index contributed by atoms with van der Waals surface area (Å²) >= 11 is 3.25. The molecule has 5 rings (SSSR count). The molecule has 1 atom stereocenters. The van der Waals surface area contributed by atoms with E-state index in [1.165, 1.54) is 22.0 Å². The summed E-state index contributed by atoms with van der Waals surface area (Å²) in [4.78, 5) is 27.6. The number of aromatic nitrogens is 3. The van der Waals surface area contributed by atoms with Crippen LogP contribution in [0.25, 0.3) is 21.3 Å². The van der Waals surface area contributed by atoms with Crippen molar-refractivity contribution in [2.45, 2.75) is 30.8 Å². The maximum absolute atomic E-state index is 12.8. The maximum Gasteiger partial charge on any atom is 0.233 e. The molecule has 2 aromatic heterocycles. The van der Waals surface area contributed by atoms with Crippen LogP contribution < -0.4 is 0 Å². The molecule has 7 heteroatoms. The molecule has 0 bridgehead atoms. The Labute approximate surface area is 177 Å². The fourth-order valence-electron chi connectivity index (χ4n) is 3.86. The SMILES string of the molecule is Cc1ccc2nc(SCC(=O)N3CCC[C@@H](c4nc5ccccc5s4)C3)[nH]c2c1. The average Bonchev–Trinajstić information content (AvgIpc) is 3.35. The quantitative estimate of drug-likeness (QED) is 0.471. The number of thiazole rings is 1. The number of carbonyl (C=O) groups excluding carboxylic acids is 1. The van der Waals surface area contributed by atoms with E-state index < -0.39 is 0 Å². The molecule has 1 aliphatic rings. The lowest BCUT2D eigenvalue weighted by Gasteiger charge is -2.31. The van der Waals surface area contributed by atoms with E-state index in [1.807, 2.05) is 17.0 Å². The number of hydrogen-bond donors (Lipinski definition) is 1. The summed E-state index contributed by atoms with van der Waals surface area (Å²) in [6.07, 6.45) is 2.13. The highest BCUT2D eigenvalue weighted by Crippen LogP contribution is 2.33. The van der Waals surface area contributed by atoms with E-state index in [2.05, 4.69) is 47.2 Å². The van der Waals surface area contributed by atoms with Gasteiger partial charge in [0.1, 0.15) is 0 Å². The van der Waals surface area contributed by atoms with Gasteiger partial charge in [0.2, 0.25) is 5.91 Å². The fourth-order valence-corrected chi connectivity index (χ4v) is 5.74. The minimum Gasteiger partial charge on any atom is -0.341 e. The van der Waals surface area contributed by atoms with Crippen molar-refractivity contribution in [1.82, 2.24) is 19.9 Å². The first-order valence-corrected chi connectivity index (χ1v) is 11.7. The number of aromatic amines is 1. The van der Waals surface area contributed by atoms with Crippen LogP contribution in [-0.4, -0.2) is 44.6 Å². The first-order chi connectivity index (χ1) is 14.2. The zero-order valence-corrected chi connectivity index (χ0v) is 17.9. The third-order valence-electron chi connectivity index (χ3n) is 5.38. The van der Waals surface area contributed by atoms with Crippen LogP contribution in [0.4, 0.5) is 0 Å². The van der Waals surface area contributed by atoms with Crippen LogP contribution in [0, 0.1) is 6.92 Å². The largest absolute Gasteiger partial charge is 0.341 e. The summed E-state index contributed by atoms with van der Waals surface area (Å²) in [6, 6.07) is 14.4. The molecule has 29 heavy (non-hydrogen) atoms. The van der Waals surface area contributed by atoms with Gasteiger partial charge in [0, 0.05) is 19.0 Å². The van der Waals surface area contributed by atoms with Crippen LogP contribution in [0.2, 0.25) is 0 Å². The molecule has 1 aliphatic heterocycles. The molecule has 4 aromatic rings. The number of fused-ring (bicyclic) bond motifs is 2. The van der Waals surface area contributed by atoms with Gasteiger partial charge >= 0.3 is 0 Å². The van der Waals surface area contributed by atoms with Crippen molar-refractivity contribution in [3.63, 3.8) is 0 Å². The number of imidazole rings is 1. The number of thioether (sulfide) groups is 1. The molecule has 3 heterocycles. The van der Waals surface area contributed by atoms with Crippen LogP contribution in [-0.2, 0) is 4.79 Å². The van der Waals surface area contributed by atoms with Crippen molar-refractivity contribution in [1.29, 1.82) is 0 Å². The summed E-state index contributed by atoms with van der Waals surface area (Å²) in [6.45, 7) is 3.66. The first-order valence-electron chi connectivity index (χ1n) is 9.88. The van der Waals surface area contributed by atoms with E-state index in [9.17, 15) is 4.79 Å². The Hall–Kier alpha value is -2.38. The van der Waals surface area contributed by atoms with Crippen molar-refractivity contribution in [3.05, 3.63) is 53.0 Å². The molecule has 5 nitrogen and oxygen atoms in total. The molecule has 1 saturated heterocycles. The molecular formula is C22H22N4OS2. The first kappa shape index (κ1) is 18.6. The maximum atomic E-state index is 12.8. The van der Waals surface area contributed by atoms with E-state index >= 15 is 0 Å². The lowest BCUT2D eigenvalue weighted by Crippen LogP contribution is -2.40.